The SMILES string of the molecule is COc1ccc(OC(=O)c2ccccc2-c2ccccc2C(=O)Oc2ccc(OC)cc2C(C)(C)C)c(C(C)(C)C)c1. The van der Waals surface area contributed by atoms with Gasteiger partial charge in [0.15, 0.2) is 0 Å². The third-order valence-corrected chi connectivity index (χ3v) is 6.98. The van der Waals surface area contributed by atoms with Crippen molar-refractivity contribution in [2.45, 2.75) is 52.4 Å². The second-order valence-corrected chi connectivity index (χ2v) is 12.1. The fourth-order valence-electron chi connectivity index (χ4n) is 4.72. The number of carbonyl (C=O) groups is 2. The molecule has 0 unspecified atom stereocenters. The summed E-state index contributed by atoms with van der Waals surface area (Å²) < 4.78 is 22.7. The molecule has 218 valence electrons. The van der Waals surface area contributed by atoms with E-state index in [4.69, 9.17) is 18.9 Å². The van der Waals surface area contributed by atoms with E-state index in [1.807, 2.05) is 65.8 Å². The lowest BCUT2D eigenvalue weighted by atomic mass is 9.86. The first kappa shape index (κ1) is 30.4. The monoisotopic (exact) mass is 566 g/mol. The smallest absolute Gasteiger partial charge is 0.344 e. The van der Waals surface area contributed by atoms with Crippen LogP contribution >= 0.6 is 0 Å². The number of ether oxygens (including phenoxy) is 4. The first-order valence-electron chi connectivity index (χ1n) is 13.8. The minimum Gasteiger partial charge on any atom is -0.497 e. The van der Waals surface area contributed by atoms with E-state index in [9.17, 15) is 9.59 Å². The molecule has 0 saturated heterocycles. The Hall–Kier alpha value is -4.58. The molecule has 0 atom stereocenters. The van der Waals surface area contributed by atoms with E-state index in [0.717, 1.165) is 11.1 Å². The third kappa shape index (κ3) is 6.65. The van der Waals surface area contributed by atoms with Crippen LogP contribution in [0.3, 0.4) is 0 Å². The highest BCUT2D eigenvalue weighted by atomic mass is 16.5. The summed E-state index contributed by atoms with van der Waals surface area (Å²) in [6, 6.07) is 25.0. The minimum absolute atomic E-state index is 0.298. The Labute approximate surface area is 248 Å². The van der Waals surface area contributed by atoms with Crippen molar-refractivity contribution < 1.29 is 28.5 Å². The number of benzene rings is 4. The molecule has 0 N–H and O–H groups in total. The molecule has 42 heavy (non-hydrogen) atoms. The van der Waals surface area contributed by atoms with Gasteiger partial charge >= 0.3 is 11.9 Å². The summed E-state index contributed by atoms with van der Waals surface area (Å²) in [5, 5.41) is 0. The molecule has 4 aromatic carbocycles. The van der Waals surface area contributed by atoms with Crippen LogP contribution in [0.4, 0.5) is 0 Å². The Kier molecular flexibility index (Phi) is 8.76. The molecule has 6 heteroatoms. The molecule has 0 radical (unpaired) electrons. The maximum Gasteiger partial charge on any atom is 0.344 e. The van der Waals surface area contributed by atoms with Crippen molar-refractivity contribution in [3.8, 4) is 34.1 Å². The molecule has 4 rings (SSSR count). The van der Waals surface area contributed by atoms with Crippen molar-refractivity contribution in [3.63, 3.8) is 0 Å². The molecular weight excluding hydrogens is 528 g/mol. The first-order chi connectivity index (χ1) is 19.8. The fourth-order valence-corrected chi connectivity index (χ4v) is 4.72. The molecule has 0 aliphatic rings. The summed E-state index contributed by atoms with van der Waals surface area (Å²) in [6.45, 7) is 12.3. The van der Waals surface area contributed by atoms with Crippen LogP contribution in [0.25, 0.3) is 11.1 Å². The summed E-state index contributed by atoms with van der Waals surface area (Å²) in [4.78, 5) is 27.3. The average molecular weight is 567 g/mol. The molecular formula is C36H38O6. The van der Waals surface area contributed by atoms with Crippen LogP contribution < -0.4 is 18.9 Å². The van der Waals surface area contributed by atoms with Gasteiger partial charge in [-0.15, -0.1) is 0 Å². The van der Waals surface area contributed by atoms with Gasteiger partial charge in [-0.3, -0.25) is 0 Å². The second kappa shape index (κ2) is 12.1. The van der Waals surface area contributed by atoms with Gasteiger partial charge in [0.25, 0.3) is 0 Å². The normalized spacial score (nSPS) is 11.5. The largest absolute Gasteiger partial charge is 0.497 e. The lowest BCUT2D eigenvalue weighted by molar-refractivity contribution is 0.0720. The molecule has 0 aliphatic carbocycles. The van der Waals surface area contributed by atoms with E-state index in [0.29, 0.717) is 45.3 Å². The molecule has 4 aromatic rings. The summed E-state index contributed by atoms with van der Waals surface area (Å²) in [5.74, 6) is 1.19. The predicted molar refractivity (Wildman–Crippen MR) is 165 cm³/mol. The maximum absolute atomic E-state index is 13.6. The highest BCUT2D eigenvalue weighted by molar-refractivity contribution is 6.04. The molecule has 0 spiro atoms. The van der Waals surface area contributed by atoms with E-state index in [1.54, 1.807) is 74.9 Å². The maximum atomic E-state index is 13.6. The van der Waals surface area contributed by atoms with Crippen molar-refractivity contribution >= 4 is 11.9 Å². The van der Waals surface area contributed by atoms with Gasteiger partial charge in [0.1, 0.15) is 23.0 Å². The molecule has 0 amide bonds. The number of rotatable bonds is 7. The first-order valence-corrected chi connectivity index (χ1v) is 13.8. The van der Waals surface area contributed by atoms with Crippen molar-refractivity contribution in [2.24, 2.45) is 0 Å². The molecule has 0 aliphatic heterocycles. The van der Waals surface area contributed by atoms with Crippen LogP contribution in [0.2, 0.25) is 0 Å². The van der Waals surface area contributed by atoms with Gasteiger partial charge in [-0.2, -0.15) is 0 Å². The Balaban J connectivity index is 1.71. The highest BCUT2D eigenvalue weighted by Crippen LogP contribution is 2.37. The highest BCUT2D eigenvalue weighted by Gasteiger charge is 2.26. The van der Waals surface area contributed by atoms with Gasteiger partial charge in [-0.05, 0) is 70.5 Å². The third-order valence-electron chi connectivity index (χ3n) is 6.98. The number of hydrogen-bond donors (Lipinski definition) is 0. The summed E-state index contributed by atoms with van der Waals surface area (Å²) >= 11 is 0. The van der Waals surface area contributed by atoms with E-state index >= 15 is 0 Å². The molecule has 0 aromatic heterocycles. The van der Waals surface area contributed by atoms with Crippen molar-refractivity contribution in [1.82, 2.24) is 0 Å². The second-order valence-electron chi connectivity index (χ2n) is 12.1. The fraction of sp³-hybridized carbons (Fsp3) is 0.278. The van der Waals surface area contributed by atoms with Gasteiger partial charge in [-0.1, -0.05) is 77.9 Å². The van der Waals surface area contributed by atoms with Crippen molar-refractivity contribution in [1.29, 1.82) is 0 Å². The van der Waals surface area contributed by atoms with Gasteiger partial charge in [0.2, 0.25) is 0 Å². The number of methoxy groups -OCH3 is 2. The van der Waals surface area contributed by atoms with Crippen LogP contribution in [0.15, 0.2) is 84.9 Å². The van der Waals surface area contributed by atoms with Crippen molar-refractivity contribution in [3.05, 3.63) is 107 Å². The minimum atomic E-state index is -0.533. The topological polar surface area (TPSA) is 71.1 Å². The van der Waals surface area contributed by atoms with E-state index < -0.39 is 11.9 Å². The van der Waals surface area contributed by atoms with Crippen LogP contribution in [0.5, 0.6) is 23.0 Å². The standard InChI is InChI=1S/C36H38O6/c1-35(2,3)29-21-23(39-7)17-19-31(29)41-33(37)27-15-11-9-13-25(27)26-14-10-12-16-28(26)34(38)42-32-20-18-24(40-8)22-30(32)36(4,5)6/h9-22H,1-8H3. The number of esters is 2. The zero-order chi connectivity index (χ0) is 30.7. The van der Waals surface area contributed by atoms with E-state index in [1.165, 1.54) is 0 Å². The Morgan fingerprint density at radius 1 is 0.524 bits per heavy atom. The van der Waals surface area contributed by atoms with Gasteiger partial charge in [0, 0.05) is 11.1 Å². The average Bonchev–Trinajstić information content (AvgIpc) is 2.96. The van der Waals surface area contributed by atoms with E-state index in [-0.39, 0.29) is 10.8 Å². The zero-order valence-electron chi connectivity index (χ0n) is 25.5. The quantitative estimate of drug-likeness (QED) is 0.165. The predicted octanol–water partition coefficient (Wildman–Crippen LogP) is 8.40. The lowest BCUT2D eigenvalue weighted by Crippen LogP contribution is -2.18. The van der Waals surface area contributed by atoms with Crippen LogP contribution in [-0.2, 0) is 10.8 Å². The Bertz CT molecular complexity index is 1480. The van der Waals surface area contributed by atoms with Crippen LogP contribution in [0, 0.1) is 0 Å². The van der Waals surface area contributed by atoms with Crippen molar-refractivity contribution in [2.75, 3.05) is 14.2 Å². The summed E-state index contributed by atoms with van der Waals surface area (Å²) in [7, 11) is 3.20. The lowest BCUT2D eigenvalue weighted by Gasteiger charge is -2.23. The summed E-state index contributed by atoms with van der Waals surface area (Å²) in [6.07, 6.45) is 0. The summed E-state index contributed by atoms with van der Waals surface area (Å²) in [5.41, 5.74) is 2.86. The Morgan fingerprint density at radius 2 is 0.881 bits per heavy atom. The Morgan fingerprint density at radius 3 is 1.21 bits per heavy atom. The number of hydrogen-bond acceptors (Lipinski definition) is 6. The zero-order valence-corrected chi connectivity index (χ0v) is 25.5. The molecule has 0 fully saturated rings. The molecule has 0 bridgehead atoms. The molecule has 0 saturated carbocycles. The molecule has 0 heterocycles. The molecule has 6 nitrogen and oxygen atoms in total. The van der Waals surface area contributed by atoms with Gasteiger partial charge in [0.05, 0.1) is 25.3 Å². The van der Waals surface area contributed by atoms with Gasteiger partial charge in [-0.25, -0.2) is 9.59 Å². The van der Waals surface area contributed by atoms with Crippen LogP contribution in [0.1, 0.15) is 73.4 Å². The van der Waals surface area contributed by atoms with Crippen LogP contribution in [-0.4, -0.2) is 26.2 Å². The number of carbonyl (C=O) groups excluding carboxylic acids is 2. The van der Waals surface area contributed by atoms with E-state index in [2.05, 4.69) is 0 Å². The van der Waals surface area contributed by atoms with Gasteiger partial charge < -0.3 is 18.9 Å².